The van der Waals surface area contributed by atoms with Gasteiger partial charge >= 0.3 is 0 Å². The van der Waals surface area contributed by atoms with Crippen molar-refractivity contribution < 1.29 is 0 Å². The highest BCUT2D eigenvalue weighted by atomic mass is 35.5. The van der Waals surface area contributed by atoms with Crippen LogP contribution in [0.5, 0.6) is 0 Å². The Morgan fingerprint density at radius 1 is 0.857 bits per heavy atom. The summed E-state index contributed by atoms with van der Waals surface area (Å²) in [6.07, 6.45) is 11.9. The SMILES string of the molecule is Cl.c1ccc(N2CCN(CC[C@H]3CC[C@@H](Nc4ncccn4)CC3)CC2)nc1. The molecule has 1 saturated carbocycles. The summed E-state index contributed by atoms with van der Waals surface area (Å²) < 4.78 is 0. The third kappa shape index (κ3) is 5.79. The monoisotopic (exact) mass is 402 g/mol. The lowest BCUT2D eigenvalue weighted by atomic mass is 9.84. The van der Waals surface area contributed by atoms with Crippen LogP contribution in [0.1, 0.15) is 32.1 Å². The summed E-state index contributed by atoms with van der Waals surface area (Å²) in [6.45, 7) is 5.72. The lowest BCUT2D eigenvalue weighted by molar-refractivity contribution is 0.218. The lowest BCUT2D eigenvalue weighted by Gasteiger charge is -2.36. The van der Waals surface area contributed by atoms with E-state index in [9.17, 15) is 0 Å². The summed E-state index contributed by atoms with van der Waals surface area (Å²) in [5.74, 6) is 2.76. The number of hydrogen-bond acceptors (Lipinski definition) is 6. The summed E-state index contributed by atoms with van der Waals surface area (Å²) in [5.41, 5.74) is 0. The van der Waals surface area contributed by atoms with Crippen LogP contribution in [-0.4, -0.2) is 58.6 Å². The molecule has 1 N–H and O–H groups in total. The second-order valence-electron chi connectivity index (χ2n) is 7.74. The average molecular weight is 403 g/mol. The molecule has 2 aliphatic rings. The number of nitrogens with zero attached hydrogens (tertiary/aromatic N) is 5. The second-order valence-corrected chi connectivity index (χ2v) is 7.74. The van der Waals surface area contributed by atoms with E-state index in [4.69, 9.17) is 0 Å². The van der Waals surface area contributed by atoms with Gasteiger partial charge in [0.15, 0.2) is 0 Å². The maximum Gasteiger partial charge on any atom is 0.222 e. The Hall–Kier alpha value is -1.92. The number of hydrogen-bond donors (Lipinski definition) is 1. The molecule has 1 aliphatic carbocycles. The molecule has 0 bridgehead atoms. The van der Waals surface area contributed by atoms with Crippen molar-refractivity contribution in [2.24, 2.45) is 5.92 Å². The molecule has 152 valence electrons. The van der Waals surface area contributed by atoms with Crippen LogP contribution in [0.4, 0.5) is 11.8 Å². The first-order chi connectivity index (χ1) is 13.4. The molecular weight excluding hydrogens is 372 g/mol. The number of rotatable bonds is 6. The number of halogens is 1. The topological polar surface area (TPSA) is 57.2 Å². The predicted octanol–water partition coefficient (Wildman–Crippen LogP) is 3.48. The Morgan fingerprint density at radius 3 is 2.25 bits per heavy atom. The molecule has 0 unspecified atom stereocenters. The average Bonchev–Trinajstić information content (AvgIpc) is 2.75. The molecule has 6 nitrogen and oxygen atoms in total. The Balaban J connectivity index is 0.00000225. The number of aromatic nitrogens is 3. The summed E-state index contributed by atoms with van der Waals surface area (Å²) in [4.78, 5) is 18.1. The van der Waals surface area contributed by atoms with E-state index in [1.807, 2.05) is 18.3 Å². The minimum Gasteiger partial charge on any atom is -0.354 e. The molecule has 4 rings (SSSR count). The van der Waals surface area contributed by atoms with Crippen molar-refractivity contribution in [3.8, 4) is 0 Å². The van der Waals surface area contributed by atoms with Crippen molar-refractivity contribution in [2.75, 3.05) is 42.9 Å². The molecule has 0 aromatic carbocycles. The third-order valence-electron chi connectivity index (χ3n) is 5.94. The van der Waals surface area contributed by atoms with E-state index < -0.39 is 0 Å². The van der Waals surface area contributed by atoms with E-state index in [0.29, 0.717) is 6.04 Å². The van der Waals surface area contributed by atoms with E-state index >= 15 is 0 Å². The molecule has 2 aromatic rings. The Kier molecular flexibility index (Phi) is 7.86. The minimum atomic E-state index is 0. The smallest absolute Gasteiger partial charge is 0.222 e. The van der Waals surface area contributed by atoms with Crippen LogP contribution in [0.2, 0.25) is 0 Å². The molecule has 2 fully saturated rings. The van der Waals surface area contributed by atoms with Gasteiger partial charge in [-0.1, -0.05) is 6.07 Å². The molecule has 1 aliphatic heterocycles. The van der Waals surface area contributed by atoms with Crippen molar-refractivity contribution >= 4 is 24.2 Å². The first-order valence-electron chi connectivity index (χ1n) is 10.3. The van der Waals surface area contributed by atoms with Crippen molar-refractivity contribution in [1.82, 2.24) is 19.9 Å². The molecule has 0 atom stereocenters. The highest BCUT2D eigenvalue weighted by Crippen LogP contribution is 2.28. The number of nitrogens with one attached hydrogen (secondary N) is 1. The van der Waals surface area contributed by atoms with Gasteiger partial charge in [-0.15, -0.1) is 12.4 Å². The molecule has 0 amide bonds. The molecule has 2 aromatic heterocycles. The maximum atomic E-state index is 4.48. The van der Waals surface area contributed by atoms with Gasteiger partial charge in [-0.3, -0.25) is 4.90 Å². The summed E-state index contributed by atoms with van der Waals surface area (Å²) >= 11 is 0. The van der Waals surface area contributed by atoms with Crippen LogP contribution in [-0.2, 0) is 0 Å². The summed E-state index contributed by atoms with van der Waals surface area (Å²) in [7, 11) is 0. The van der Waals surface area contributed by atoms with Crippen LogP contribution in [0, 0.1) is 5.92 Å². The molecule has 1 saturated heterocycles. The molecule has 0 radical (unpaired) electrons. The van der Waals surface area contributed by atoms with Crippen LogP contribution in [0.15, 0.2) is 42.9 Å². The predicted molar refractivity (Wildman–Crippen MR) is 116 cm³/mol. The summed E-state index contributed by atoms with van der Waals surface area (Å²) in [5, 5.41) is 3.48. The fourth-order valence-corrected chi connectivity index (χ4v) is 4.26. The molecule has 0 spiro atoms. The highest BCUT2D eigenvalue weighted by Gasteiger charge is 2.23. The molecule has 7 heteroatoms. The Morgan fingerprint density at radius 2 is 1.57 bits per heavy atom. The molecule has 3 heterocycles. The van der Waals surface area contributed by atoms with Crippen LogP contribution in [0.25, 0.3) is 0 Å². The van der Waals surface area contributed by atoms with E-state index in [2.05, 4.69) is 42.2 Å². The Labute approximate surface area is 174 Å². The fraction of sp³-hybridized carbons (Fsp3) is 0.571. The first kappa shape index (κ1) is 20.8. The zero-order valence-corrected chi connectivity index (χ0v) is 17.2. The summed E-state index contributed by atoms with van der Waals surface area (Å²) in [6, 6.07) is 8.56. The van der Waals surface area contributed by atoms with Crippen molar-refractivity contribution in [3.05, 3.63) is 42.9 Å². The van der Waals surface area contributed by atoms with Gasteiger partial charge in [0.1, 0.15) is 5.82 Å². The van der Waals surface area contributed by atoms with E-state index in [1.54, 1.807) is 12.4 Å². The number of anilines is 2. The number of piperazine rings is 1. The van der Waals surface area contributed by atoms with E-state index in [0.717, 1.165) is 43.9 Å². The van der Waals surface area contributed by atoms with Gasteiger partial charge in [0.05, 0.1) is 0 Å². The minimum absolute atomic E-state index is 0. The first-order valence-corrected chi connectivity index (χ1v) is 10.3. The van der Waals surface area contributed by atoms with Gasteiger partial charge in [-0.05, 0) is 62.8 Å². The van der Waals surface area contributed by atoms with Crippen LogP contribution < -0.4 is 10.2 Å². The second kappa shape index (κ2) is 10.6. The van der Waals surface area contributed by atoms with Crippen molar-refractivity contribution in [2.45, 2.75) is 38.1 Å². The van der Waals surface area contributed by atoms with E-state index in [1.165, 1.54) is 38.6 Å². The lowest BCUT2D eigenvalue weighted by Crippen LogP contribution is -2.47. The van der Waals surface area contributed by atoms with Gasteiger partial charge in [-0.2, -0.15) is 0 Å². The van der Waals surface area contributed by atoms with Crippen molar-refractivity contribution in [1.29, 1.82) is 0 Å². The highest BCUT2D eigenvalue weighted by molar-refractivity contribution is 5.85. The molecular formula is C21H31ClN6. The van der Waals surface area contributed by atoms with Gasteiger partial charge in [0, 0.05) is 50.8 Å². The zero-order chi connectivity index (χ0) is 18.3. The number of pyridine rings is 1. The quantitative estimate of drug-likeness (QED) is 0.798. The zero-order valence-electron chi connectivity index (χ0n) is 16.4. The van der Waals surface area contributed by atoms with Crippen LogP contribution >= 0.6 is 12.4 Å². The van der Waals surface area contributed by atoms with Crippen LogP contribution in [0.3, 0.4) is 0 Å². The third-order valence-corrected chi connectivity index (χ3v) is 5.94. The normalized spacial score (nSPS) is 23.1. The van der Waals surface area contributed by atoms with Crippen molar-refractivity contribution in [3.63, 3.8) is 0 Å². The standard InChI is InChI=1S/C21H30N6.ClH/c1-2-10-22-20(4-1)27-16-14-26(15-17-27)13-9-18-5-7-19(8-6-18)25-21-23-11-3-12-24-21;/h1-4,10-12,18-19H,5-9,13-17H2,(H,23,24,25);1H/t18-,19+;. The Bertz CT molecular complexity index is 670. The maximum absolute atomic E-state index is 4.48. The molecule has 28 heavy (non-hydrogen) atoms. The van der Waals surface area contributed by atoms with Gasteiger partial charge < -0.3 is 10.2 Å². The van der Waals surface area contributed by atoms with Gasteiger partial charge in [0.25, 0.3) is 0 Å². The van der Waals surface area contributed by atoms with Gasteiger partial charge in [0.2, 0.25) is 5.95 Å². The van der Waals surface area contributed by atoms with Gasteiger partial charge in [-0.25, -0.2) is 15.0 Å². The van der Waals surface area contributed by atoms with E-state index in [-0.39, 0.29) is 12.4 Å². The fourth-order valence-electron chi connectivity index (χ4n) is 4.26. The largest absolute Gasteiger partial charge is 0.354 e.